The molecule has 0 bridgehead atoms. The summed E-state index contributed by atoms with van der Waals surface area (Å²) < 4.78 is 0. The maximum atomic E-state index is 2.80. The van der Waals surface area contributed by atoms with Gasteiger partial charge in [0.05, 0.1) is 6.04 Å². The van der Waals surface area contributed by atoms with Gasteiger partial charge in [0.15, 0.2) is 0 Å². The molecule has 3 aromatic carbocycles. The fourth-order valence-corrected chi connectivity index (χ4v) is 13.5. The van der Waals surface area contributed by atoms with Crippen LogP contribution in [0.25, 0.3) is 11.1 Å². The van der Waals surface area contributed by atoms with Crippen LogP contribution in [0, 0.1) is 29.6 Å². The van der Waals surface area contributed by atoms with E-state index in [2.05, 4.69) is 180 Å². The van der Waals surface area contributed by atoms with Crippen molar-refractivity contribution >= 4 is 11.4 Å². The molecule has 9 aliphatic carbocycles. The average Bonchev–Trinajstić information content (AvgIpc) is 3.80. The lowest BCUT2D eigenvalue weighted by Crippen LogP contribution is -2.38. The van der Waals surface area contributed by atoms with E-state index in [1.54, 1.807) is 11.1 Å². The molecule has 7 atom stereocenters. The topological polar surface area (TPSA) is 6.48 Å². The van der Waals surface area contributed by atoms with Gasteiger partial charge in [-0.05, 0) is 159 Å². The SMILES string of the molecule is C1=CC2C3C=CC(N(C4=CCCC=C4)C4=CC(C5=CCCC=C5)CC=C4)=CC3C3(c4ccccc4-c4c(N(c5ccccc5)C5CCCC6=C5CCCC6)cccc43)C2C=C1. The molecule has 3 aromatic rings. The standard InChI is InChI=1S/C59H58N2/c1-4-19-41(20-5-1)43-23-16-28-46(39-43)60(44-24-6-2-7-25-44)47-37-38-50-49-30-12-14-32-52(49)59(55(50)40-47)53-33-15-13-31-51(53)58-54(59)34-18-36-57(58)61(45-26-8-3-9-27-45)56-35-17-22-42-21-10-11-29-48(42)56/h3-4,6,8-9,12-16,18-20,24-28,30-34,36-40,43,49-50,52,55-56H,1-2,5,7,10-11,17,21-23,29,35H2. The summed E-state index contributed by atoms with van der Waals surface area (Å²) in [5, 5.41) is 0. The largest absolute Gasteiger partial charge is 0.334 e. The van der Waals surface area contributed by atoms with E-state index in [9.17, 15) is 0 Å². The van der Waals surface area contributed by atoms with E-state index in [0.717, 1.165) is 32.1 Å². The smallest absolute Gasteiger partial charge is 0.0554 e. The summed E-state index contributed by atoms with van der Waals surface area (Å²) in [6.45, 7) is 0. The minimum Gasteiger partial charge on any atom is -0.334 e. The van der Waals surface area contributed by atoms with Crippen molar-refractivity contribution in [3.63, 3.8) is 0 Å². The summed E-state index contributed by atoms with van der Waals surface area (Å²) in [5.41, 5.74) is 17.3. The molecule has 61 heavy (non-hydrogen) atoms. The third kappa shape index (κ3) is 5.95. The van der Waals surface area contributed by atoms with E-state index in [1.807, 2.05) is 0 Å². The molecule has 0 radical (unpaired) electrons. The molecule has 2 heteroatoms. The van der Waals surface area contributed by atoms with Crippen LogP contribution in [0.5, 0.6) is 0 Å². The van der Waals surface area contributed by atoms with Gasteiger partial charge in [-0.1, -0.05) is 139 Å². The van der Waals surface area contributed by atoms with Crippen LogP contribution in [-0.2, 0) is 5.41 Å². The molecule has 12 rings (SSSR count). The normalized spacial score (nSPS) is 30.2. The fraction of sp³-hybridized carbons (Fsp3) is 0.322. The Morgan fingerprint density at radius 3 is 2.23 bits per heavy atom. The number of rotatable bonds is 7. The zero-order chi connectivity index (χ0) is 40.3. The van der Waals surface area contributed by atoms with Crippen molar-refractivity contribution < 1.29 is 0 Å². The lowest BCUT2D eigenvalue weighted by atomic mass is 9.63. The Hall–Kier alpha value is -5.60. The summed E-state index contributed by atoms with van der Waals surface area (Å²) in [6.07, 6.45) is 53.9. The second-order valence-electron chi connectivity index (χ2n) is 19.0. The van der Waals surface area contributed by atoms with Crippen LogP contribution in [0.3, 0.4) is 0 Å². The number of allylic oxidation sites excluding steroid dienone is 18. The fourth-order valence-electron chi connectivity index (χ4n) is 13.5. The summed E-state index contributed by atoms with van der Waals surface area (Å²) >= 11 is 0. The number of fused-ring (bicyclic) bond motifs is 10. The molecule has 0 aromatic heterocycles. The van der Waals surface area contributed by atoms with Gasteiger partial charge in [-0.3, -0.25) is 0 Å². The van der Waals surface area contributed by atoms with Crippen LogP contribution >= 0.6 is 0 Å². The quantitative estimate of drug-likeness (QED) is 0.220. The Kier molecular flexibility index (Phi) is 9.38. The molecule has 9 aliphatic rings. The van der Waals surface area contributed by atoms with E-state index in [1.165, 1.54) is 101 Å². The minimum absolute atomic E-state index is 0.224. The molecule has 0 saturated heterocycles. The van der Waals surface area contributed by atoms with E-state index >= 15 is 0 Å². The second-order valence-corrected chi connectivity index (χ2v) is 19.0. The Morgan fingerprint density at radius 2 is 1.34 bits per heavy atom. The van der Waals surface area contributed by atoms with E-state index in [0.29, 0.717) is 29.7 Å². The molecule has 304 valence electrons. The van der Waals surface area contributed by atoms with Gasteiger partial charge < -0.3 is 9.80 Å². The molecule has 0 amide bonds. The van der Waals surface area contributed by atoms with Crippen LogP contribution in [0.2, 0.25) is 0 Å². The third-order valence-corrected chi connectivity index (χ3v) is 15.9. The molecule has 1 spiro atoms. The minimum atomic E-state index is -0.224. The maximum absolute atomic E-state index is 2.80. The number of hydrogen-bond acceptors (Lipinski definition) is 2. The molecule has 0 N–H and O–H groups in total. The number of hydrogen-bond donors (Lipinski definition) is 0. The van der Waals surface area contributed by atoms with Crippen molar-refractivity contribution in [1.29, 1.82) is 0 Å². The Bertz CT molecular complexity index is 2590. The molecule has 2 nitrogen and oxygen atoms in total. The lowest BCUT2D eigenvalue weighted by Gasteiger charge is -2.42. The first kappa shape index (κ1) is 37.2. The van der Waals surface area contributed by atoms with Gasteiger partial charge in [-0.2, -0.15) is 0 Å². The zero-order valence-corrected chi connectivity index (χ0v) is 35.5. The number of anilines is 2. The number of benzene rings is 3. The van der Waals surface area contributed by atoms with Crippen molar-refractivity contribution in [2.24, 2.45) is 29.6 Å². The van der Waals surface area contributed by atoms with Crippen molar-refractivity contribution in [3.8, 4) is 11.1 Å². The number of para-hydroxylation sites is 1. The van der Waals surface area contributed by atoms with Crippen LogP contribution in [0.4, 0.5) is 11.4 Å². The summed E-state index contributed by atoms with van der Waals surface area (Å²) in [4.78, 5) is 5.41. The highest BCUT2D eigenvalue weighted by Crippen LogP contribution is 2.69. The first-order chi connectivity index (χ1) is 30.3. The molecular weight excluding hydrogens is 737 g/mol. The van der Waals surface area contributed by atoms with Crippen LogP contribution in [0.15, 0.2) is 204 Å². The third-order valence-electron chi connectivity index (χ3n) is 15.9. The highest BCUT2D eigenvalue weighted by Gasteiger charge is 2.63. The average molecular weight is 795 g/mol. The van der Waals surface area contributed by atoms with Gasteiger partial charge in [0, 0.05) is 51.3 Å². The molecule has 0 aliphatic heterocycles. The molecule has 7 unspecified atom stereocenters. The van der Waals surface area contributed by atoms with Crippen LogP contribution in [-0.4, -0.2) is 10.9 Å². The van der Waals surface area contributed by atoms with E-state index in [-0.39, 0.29) is 11.3 Å². The van der Waals surface area contributed by atoms with Crippen molar-refractivity contribution in [1.82, 2.24) is 4.90 Å². The van der Waals surface area contributed by atoms with Crippen LogP contribution in [0.1, 0.15) is 88.2 Å². The Balaban J connectivity index is 1.05. The highest BCUT2D eigenvalue weighted by molar-refractivity contribution is 5.93. The first-order valence-electron chi connectivity index (χ1n) is 23.7. The number of nitrogens with zero attached hydrogens (tertiary/aromatic N) is 2. The van der Waals surface area contributed by atoms with Crippen molar-refractivity contribution in [2.45, 2.75) is 88.5 Å². The molecular formula is C59H58N2. The summed E-state index contributed by atoms with van der Waals surface area (Å²) in [6, 6.07) is 28.8. The Labute approximate surface area is 363 Å². The van der Waals surface area contributed by atoms with Crippen LogP contribution < -0.4 is 4.90 Å². The maximum Gasteiger partial charge on any atom is 0.0554 e. The van der Waals surface area contributed by atoms with Gasteiger partial charge in [0.25, 0.3) is 0 Å². The second kappa shape index (κ2) is 15.4. The summed E-state index contributed by atoms with van der Waals surface area (Å²) in [7, 11) is 0. The highest BCUT2D eigenvalue weighted by atomic mass is 15.2. The van der Waals surface area contributed by atoms with E-state index in [4.69, 9.17) is 0 Å². The lowest BCUT2D eigenvalue weighted by molar-refractivity contribution is 0.365. The predicted molar refractivity (Wildman–Crippen MR) is 254 cm³/mol. The summed E-state index contributed by atoms with van der Waals surface area (Å²) in [5.74, 6) is 1.80. The zero-order valence-electron chi connectivity index (χ0n) is 35.5. The Morgan fingerprint density at radius 1 is 0.574 bits per heavy atom. The molecule has 1 fully saturated rings. The van der Waals surface area contributed by atoms with E-state index < -0.39 is 0 Å². The van der Waals surface area contributed by atoms with Gasteiger partial charge in [0.1, 0.15) is 0 Å². The predicted octanol–water partition coefficient (Wildman–Crippen LogP) is 14.8. The molecule has 1 saturated carbocycles. The van der Waals surface area contributed by atoms with Gasteiger partial charge in [-0.25, -0.2) is 0 Å². The van der Waals surface area contributed by atoms with Gasteiger partial charge in [-0.15, -0.1) is 0 Å². The van der Waals surface area contributed by atoms with Gasteiger partial charge >= 0.3 is 0 Å². The monoisotopic (exact) mass is 794 g/mol. The van der Waals surface area contributed by atoms with Gasteiger partial charge in [0.2, 0.25) is 0 Å². The first-order valence-corrected chi connectivity index (χ1v) is 23.7. The molecule has 0 heterocycles. The van der Waals surface area contributed by atoms with Crippen molar-refractivity contribution in [2.75, 3.05) is 4.90 Å². The van der Waals surface area contributed by atoms with Crippen molar-refractivity contribution in [3.05, 3.63) is 215 Å².